The van der Waals surface area contributed by atoms with E-state index in [1.165, 1.54) is 6.92 Å². The second kappa shape index (κ2) is 10.4. The molecule has 0 radical (unpaired) electrons. The van der Waals surface area contributed by atoms with E-state index in [-0.39, 0.29) is 11.8 Å². The van der Waals surface area contributed by atoms with E-state index in [0.29, 0.717) is 24.3 Å². The zero-order chi connectivity index (χ0) is 17.1. The van der Waals surface area contributed by atoms with Crippen molar-refractivity contribution in [3.05, 3.63) is 24.3 Å². The zero-order valence-corrected chi connectivity index (χ0v) is 13.8. The quantitative estimate of drug-likeness (QED) is 0.686. The first-order chi connectivity index (χ1) is 11.0. The summed E-state index contributed by atoms with van der Waals surface area (Å²) in [7, 11) is 0. The van der Waals surface area contributed by atoms with E-state index in [2.05, 4.69) is 21.6 Å². The Bertz CT molecular complexity index is 549. The van der Waals surface area contributed by atoms with Gasteiger partial charge in [-0.25, -0.2) is 0 Å². The molecule has 2 N–H and O–H groups in total. The SMILES string of the molecule is CCN(CCCCC#N)CC(=O)Nc1ccc(NC(C)=O)cc1. The average molecular weight is 316 g/mol. The Morgan fingerprint density at radius 2 is 1.74 bits per heavy atom. The van der Waals surface area contributed by atoms with Crippen LogP contribution in [0.3, 0.4) is 0 Å². The zero-order valence-electron chi connectivity index (χ0n) is 13.8. The normalized spacial score (nSPS) is 10.2. The van der Waals surface area contributed by atoms with Crippen LogP contribution in [0.4, 0.5) is 11.4 Å². The number of hydrogen-bond acceptors (Lipinski definition) is 4. The lowest BCUT2D eigenvalue weighted by atomic mass is 10.2. The van der Waals surface area contributed by atoms with E-state index in [1.807, 2.05) is 6.92 Å². The summed E-state index contributed by atoms with van der Waals surface area (Å²) in [6.07, 6.45) is 2.34. The van der Waals surface area contributed by atoms with Crippen molar-refractivity contribution in [3.8, 4) is 6.07 Å². The fourth-order valence-corrected chi connectivity index (χ4v) is 2.13. The van der Waals surface area contributed by atoms with Crippen LogP contribution < -0.4 is 10.6 Å². The second-order valence-corrected chi connectivity index (χ2v) is 5.29. The predicted molar refractivity (Wildman–Crippen MR) is 91.0 cm³/mol. The molecule has 0 unspecified atom stereocenters. The minimum absolute atomic E-state index is 0.0700. The van der Waals surface area contributed by atoms with Gasteiger partial charge in [0.1, 0.15) is 0 Å². The molecule has 0 saturated heterocycles. The third-order valence-electron chi connectivity index (χ3n) is 3.32. The highest BCUT2D eigenvalue weighted by molar-refractivity contribution is 5.93. The minimum Gasteiger partial charge on any atom is -0.326 e. The number of nitriles is 1. The molecular weight excluding hydrogens is 292 g/mol. The van der Waals surface area contributed by atoms with Gasteiger partial charge in [0.25, 0.3) is 0 Å². The van der Waals surface area contributed by atoms with E-state index in [1.54, 1.807) is 24.3 Å². The Balaban J connectivity index is 2.42. The molecule has 0 aromatic heterocycles. The molecule has 0 bridgehead atoms. The first-order valence-electron chi connectivity index (χ1n) is 7.82. The van der Waals surface area contributed by atoms with Gasteiger partial charge < -0.3 is 10.6 Å². The first kappa shape index (κ1) is 18.7. The van der Waals surface area contributed by atoms with Crippen molar-refractivity contribution in [2.75, 3.05) is 30.3 Å². The number of carbonyl (C=O) groups excluding carboxylic acids is 2. The molecule has 124 valence electrons. The Morgan fingerprint density at radius 3 is 2.26 bits per heavy atom. The number of carbonyl (C=O) groups is 2. The van der Waals surface area contributed by atoms with Crippen molar-refractivity contribution in [2.24, 2.45) is 0 Å². The summed E-state index contributed by atoms with van der Waals surface area (Å²) in [5.41, 5.74) is 1.40. The number of nitrogens with one attached hydrogen (secondary N) is 2. The van der Waals surface area contributed by atoms with Crippen LogP contribution in [-0.2, 0) is 9.59 Å². The maximum atomic E-state index is 12.1. The van der Waals surface area contributed by atoms with Crippen LogP contribution in [0.15, 0.2) is 24.3 Å². The third-order valence-corrected chi connectivity index (χ3v) is 3.32. The maximum absolute atomic E-state index is 12.1. The summed E-state index contributed by atoms with van der Waals surface area (Å²) in [5.74, 6) is -0.198. The van der Waals surface area contributed by atoms with Gasteiger partial charge in [-0.15, -0.1) is 0 Å². The smallest absolute Gasteiger partial charge is 0.238 e. The third kappa shape index (κ3) is 7.98. The molecule has 0 aliphatic carbocycles. The molecule has 1 rings (SSSR count). The fourth-order valence-electron chi connectivity index (χ4n) is 2.13. The van der Waals surface area contributed by atoms with E-state index >= 15 is 0 Å². The van der Waals surface area contributed by atoms with Crippen molar-refractivity contribution in [1.82, 2.24) is 4.90 Å². The van der Waals surface area contributed by atoms with Crippen molar-refractivity contribution >= 4 is 23.2 Å². The van der Waals surface area contributed by atoms with Gasteiger partial charge in [0.05, 0.1) is 12.6 Å². The summed E-state index contributed by atoms with van der Waals surface area (Å²) in [6, 6.07) is 9.13. The molecule has 0 aliphatic rings. The van der Waals surface area contributed by atoms with E-state index in [4.69, 9.17) is 5.26 Å². The largest absolute Gasteiger partial charge is 0.326 e. The molecule has 1 aromatic rings. The van der Waals surface area contributed by atoms with Gasteiger partial charge in [-0.3, -0.25) is 14.5 Å². The van der Waals surface area contributed by atoms with Crippen molar-refractivity contribution in [3.63, 3.8) is 0 Å². The summed E-state index contributed by atoms with van der Waals surface area (Å²) < 4.78 is 0. The van der Waals surface area contributed by atoms with Crippen LogP contribution in [0.2, 0.25) is 0 Å². The highest BCUT2D eigenvalue weighted by atomic mass is 16.2. The minimum atomic E-state index is -0.128. The number of rotatable bonds is 9. The van der Waals surface area contributed by atoms with Gasteiger partial charge in [-0.05, 0) is 50.2 Å². The van der Waals surface area contributed by atoms with Gasteiger partial charge >= 0.3 is 0 Å². The van der Waals surface area contributed by atoms with Crippen LogP contribution in [-0.4, -0.2) is 36.3 Å². The predicted octanol–water partition coefficient (Wildman–Crippen LogP) is 2.60. The van der Waals surface area contributed by atoms with Gasteiger partial charge in [-0.2, -0.15) is 5.26 Å². The molecule has 6 heteroatoms. The summed E-state index contributed by atoms with van der Waals surface area (Å²) in [6.45, 7) is 5.40. The highest BCUT2D eigenvalue weighted by Gasteiger charge is 2.09. The first-order valence-corrected chi connectivity index (χ1v) is 7.82. The molecule has 0 fully saturated rings. The highest BCUT2D eigenvalue weighted by Crippen LogP contribution is 2.13. The second-order valence-electron chi connectivity index (χ2n) is 5.29. The van der Waals surface area contributed by atoms with Crippen LogP contribution in [0, 0.1) is 11.3 Å². The molecule has 1 aromatic carbocycles. The van der Waals surface area contributed by atoms with Gasteiger partial charge in [-0.1, -0.05) is 6.92 Å². The van der Waals surface area contributed by atoms with Crippen molar-refractivity contribution in [2.45, 2.75) is 33.1 Å². The average Bonchev–Trinajstić information content (AvgIpc) is 2.51. The molecule has 2 amide bonds. The molecule has 0 atom stereocenters. The molecule has 0 spiro atoms. The molecule has 0 aliphatic heterocycles. The number of anilines is 2. The number of nitrogens with zero attached hydrogens (tertiary/aromatic N) is 2. The van der Waals surface area contributed by atoms with Gasteiger partial charge in [0, 0.05) is 24.7 Å². The van der Waals surface area contributed by atoms with E-state index in [0.717, 1.165) is 25.9 Å². The van der Waals surface area contributed by atoms with Crippen molar-refractivity contribution in [1.29, 1.82) is 5.26 Å². The van der Waals surface area contributed by atoms with Crippen molar-refractivity contribution < 1.29 is 9.59 Å². The summed E-state index contributed by atoms with van der Waals surface area (Å²) >= 11 is 0. The number of amides is 2. The molecule has 23 heavy (non-hydrogen) atoms. The number of hydrogen-bond donors (Lipinski definition) is 2. The maximum Gasteiger partial charge on any atom is 0.238 e. The Kier molecular flexibility index (Phi) is 8.40. The Labute approximate surface area is 137 Å². The van der Waals surface area contributed by atoms with Gasteiger partial charge in [0.2, 0.25) is 11.8 Å². The monoisotopic (exact) mass is 316 g/mol. The topological polar surface area (TPSA) is 85.2 Å². The van der Waals surface area contributed by atoms with E-state index < -0.39 is 0 Å². The molecule has 6 nitrogen and oxygen atoms in total. The van der Waals surface area contributed by atoms with Crippen LogP contribution in [0.5, 0.6) is 0 Å². The number of likely N-dealkylation sites (N-methyl/N-ethyl adjacent to an activating group) is 1. The lowest BCUT2D eigenvalue weighted by molar-refractivity contribution is -0.117. The summed E-state index contributed by atoms with van der Waals surface area (Å²) in [5, 5.41) is 14.0. The van der Waals surface area contributed by atoms with Gasteiger partial charge in [0.15, 0.2) is 0 Å². The van der Waals surface area contributed by atoms with Crippen LogP contribution in [0.25, 0.3) is 0 Å². The number of benzene rings is 1. The molecule has 0 saturated carbocycles. The van der Waals surface area contributed by atoms with Crippen LogP contribution >= 0.6 is 0 Å². The van der Waals surface area contributed by atoms with Crippen LogP contribution in [0.1, 0.15) is 33.1 Å². The molecular formula is C17H24N4O2. The standard InChI is InChI=1S/C17H24N4O2/c1-3-21(12-6-4-5-11-18)13-17(23)20-16-9-7-15(8-10-16)19-14(2)22/h7-10H,3-6,12-13H2,1-2H3,(H,19,22)(H,20,23). The molecule has 0 heterocycles. The number of unbranched alkanes of at least 4 members (excludes halogenated alkanes) is 2. The lowest BCUT2D eigenvalue weighted by Crippen LogP contribution is -2.33. The fraction of sp³-hybridized carbons (Fsp3) is 0.471. The summed E-state index contributed by atoms with van der Waals surface area (Å²) in [4.78, 5) is 25.1. The Morgan fingerprint density at radius 1 is 1.13 bits per heavy atom. The van der Waals surface area contributed by atoms with E-state index in [9.17, 15) is 9.59 Å². The Hall–Kier alpha value is -2.39. The lowest BCUT2D eigenvalue weighted by Gasteiger charge is -2.19.